The summed E-state index contributed by atoms with van der Waals surface area (Å²) in [6, 6.07) is 0.667. The summed E-state index contributed by atoms with van der Waals surface area (Å²) in [5.74, 6) is 0.314. The molecule has 1 amide bonds. The Bertz CT molecular complexity index is 181. The van der Waals surface area contributed by atoms with Crippen LogP contribution in [0, 0.1) is 0 Å². The summed E-state index contributed by atoms with van der Waals surface area (Å²) in [5.41, 5.74) is 5.67. The van der Waals surface area contributed by atoms with Crippen LogP contribution in [0.25, 0.3) is 0 Å². The van der Waals surface area contributed by atoms with Gasteiger partial charge in [-0.3, -0.25) is 4.79 Å². The van der Waals surface area contributed by atoms with Crippen LogP contribution in [0.5, 0.6) is 0 Å². The molecule has 2 N–H and O–H groups in total. The molecule has 2 atom stereocenters. The van der Waals surface area contributed by atoms with Gasteiger partial charge < -0.3 is 10.6 Å². The second-order valence-corrected chi connectivity index (χ2v) is 3.51. The van der Waals surface area contributed by atoms with E-state index in [4.69, 9.17) is 5.73 Å². The lowest BCUT2D eigenvalue weighted by Gasteiger charge is -2.26. The van der Waals surface area contributed by atoms with Crippen LogP contribution < -0.4 is 5.73 Å². The highest BCUT2D eigenvalue weighted by Crippen LogP contribution is 2.28. The number of carbonyl (C=O) groups excluding carboxylic acids is 1. The van der Waals surface area contributed by atoms with Crippen molar-refractivity contribution in [2.24, 2.45) is 5.73 Å². The predicted octanol–water partition coefficient (Wildman–Crippen LogP) is 0.0985. The quantitative estimate of drug-likeness (QED) is 0.582. The maximum atomic E-state index is 11.3. The van der Waals surface area contributed by atoms with E-state index in [1.807, 2.05) is 4.90 Å². The Morgan fingerprint density at radius 1 is 1.45 bits per heavy atom. The Hall–Kier alpha value is -0.570. The summed E-state index contributed by atoms with van der Waals surface area (Å²) in [7, 11) is 0. The molecule has 2 aliphatic rings. The predicted molar refractivity (Wildman–Crippen MR) is 41.9 cm³/mol. The molecule has 2 rings (SSSR count). The summed E-state index contributed by atoms with van der Waals surface area (Å²) in [4.78, 5) is 13.3. The standard InChI is InChI=1S/C8H14N2O/c9-6-5-7(6)10-4-2-1-3-8(10)11/h6-7H,1-5,9H2. The molecule has 0 radical (unpaired) electrons. The van der Waals surface area contributed by atoms with Crippen LogP contribution in [0.4, 0.5) is 0 Å². The molecular formula is C8H14N2O. The molecule has 2 fully saturated rings. The third-order valence-corrected chi connectivity index (χ3v) is 2.57. The van der Waals surface area contributed by atoms with Gasteiger partial charge in [-0.1, -0.05) is 0 Å². The highest BCUT2D eigenvalue weighted by Gasteiger charge is 2.41. The summed E-state index contributed by atoms with van der Waals surface area (Å²) in [5, 5.41) is 0. The van der Waals surface area contributed by atoms with Crippen molar-refractivity contribution in [1.29, 1.82) is 0 Å². The van der Waals surface area contributed by atoms with Gasteiger partial charge in [0, 0.05) is 25.0 Å². The topological polar surface area (TPSA) is 46.3 Å². The summed E-state index contributed by atoms with van der Waals surface area (Å²) in [6.45, 7) is 0.942. The van der Waals surface area contributed by atoms with E-state index in [0.29, 0.717) is 11.9 Å². The zero-order valence-corrected chi connectivity index (χ0v) is 6.62. The molecule has 0 aromatic rings. The van der Waals surface area contributed by atoms with Crippen molar-refractivity contribution in [3.05, 3.63) is 0 Å². The molecule has 11 heavy (non-hydrogen) atoms. The Balaban J connectivity index is 1.95. The molecule has 3 nitrogen and oxygen atoms in total. The molecule has 1 aliphatic heterocycles. The number of likely N-dealkylation sites (tertiary alicyclic amines) is 1. The lowest BCUT2D eigenvalue weighted by Crippen LogP contribution is -2.39. The van der Waals surface area contributed by atoms with Gasteiger partial charge in [-0.2, -0.15) is 0 Å². The third-order valence-electron chi connectivity index (χ3n) is 2.57. The van der Waals surface area contributed by atoms with Gasteiger partial charge in [-0.25, -0.2) is 0 Å². The van der Waals surface area contributed by atoms with Crippen molar-refractivity contribution < 1.29 is 4.79 Å². The maximum absolute atomic E-state index is 11.3. The van der Waals surface area contributed by atoms with Crippen LogP contribution >= 0.6 is 0 Å². The Morgan fingerprint density at radius 2 is 2.18 bits per heavy atom. The minimum absolute atomic E-state index is 0.275. The monoisotopic (exact) mass is 154 g/mol. The Morgan fingerprint density at radius 3 is 2.73 bits per heavy atom. The summed E-state index contributed by atoms with van der Waals surface area (Å²) in [6.07, 6.45) is 3.99. The SMILES string of the molecule is NC1CC1N1CCCCC1=O. The Kier molecular flexibility index (Phi) is 1.60. The minimum Gasteiger partial charge on any atom is -0.338 e. The molecule has 1 heterocycles. The van der Waals surface area contributed by atoms with Crippen molar-refractivity contribution in [2.45, 2.75) is 37.8 Å². The van der Waals surface area contributed by atoms with E-state index >= 15 is 0 Å². The zero-order chi connectivity index (χ0) is 7.84. The average Bonchev–Trinajstić information content (AvgIpc) is 2.68. The van der Waals surface area contributed by atoms with Crippen LogP contribution in [0.2, 0.25) is 0 Å². The van der Waals surface area contributed by atoms with E-state index in [1.54, 1.807) is 0 Å². The van der Waals surface area contributed by atoms with Crippen molar-refractivity contribution in [3.63, 3.8) is 0 Å². The van der Waals surface area contributed by atoms with Crippen LogP contribution in [0.3, 0.4) is 0 Å². The summed E-state index contributed by atoms with van der Waals surface area (Å²) >= 11 is 0. The molecule has 1 saturated heterocycles. The van der Waals surface area contributed by atoms with Crippen molar-refractivity contribution in [3.8, 4) is 0 Å². The number of carbonyl (C=O) groups is 1. The summed E-state index contributed by atoms with van der Waals surface area (Å²) < 4.78 is 0. The number of amides is 1. The van der Waals surface area contributed by atoms with Gasteiger partial charge in [0.2, 0.25) is 5.91 Å². The first-order valence-electron chi connectivity index (χ1n) is 4.34. The van der Waals surface area contributed by atoms with E-state index in [-0.39, 0.29) is 6.04 Å². The molecule has 0 aromatic carbocycles. The van der Waals surface area contributed by atoms with Crippen LogP contribution in [0.1, 0.15) is 25.7 Å². The molecule has 0 spiro atoms. The first kappa shape index (κ1) is 7.10. The fraction of sp³-hybridized carbons (Fsp3) is 0.875. The number of piperidine rings is 1. The minimum atomic E-state index is 0.275. The molecule has 62 valence electrons. The normalized spacial score (nSPS) is 37.5. The van der Waals surface area contributed by atoms with E-state index in [2.05, 4.69) is 0 Å². The van der Waals surface area contributed by atoms with Crippen LogP contribution in [-0.2, 0) is 4.79 Å². The molecule has 2 unspecified atom stereocenters. The third kappa shape index (κ3) is 1.25. The number of nitrogens with zero attached hydrogens (tertiary/aromatic N) is 1. The van der Waals surface area contributed by atoms with Gasteiger partial charge in [0.15, 0.2) is 0 Å². The lowest BCUT2D eigenvalue weighted by atomic mass is 10.1. The second kappa shape index (κ2) is 2.48. The van der Waals surface area contributed by atoms with Gasteiger partial charge >= 0.3 is 0 Å². The van der Waals surface area contributed by atoms with Gasteiger partial charge in [0.05, 0.1) is 0 Å². The second-order valence-electron chi connectivity index (χ2n) is 3.51. The largest absolute Gasteiger partial charge is 0.338 e. The number of hydrogen-bond donors (Lipinski definition) is 1. The van der Waals surface area contributed by atoms with Crippen molar-refractivity contribution >= 4 is 5.91 Å². The van der Waals surface area contributed by atoms with Gasteiger partial charge in [-0.05, 0) is 19.3 Å². The van der Waals surface area contributed by atoms with Crippen LogP contribution in [-0.4, -0.2) is 29.4 Å². The highest BCUT2D eigenvalue weighted by molar-refractivity contribution is 5.77. The molecule has 1 aliphatic carbocycles. The van der Waals surface area contributed by atoms with Crippen molar-refractivity contribution in [2.75, 3.05) is 6.54 Å². The maximum Gasteiger partial charge on any atom is 0.222 e. The lowest BCUT2D eigenvalue weighted by molar-refractivity contribution is -0.133. The van der Waals surface area contributed by atoms with E-state index in [0.717, 1.165) is 32.2 Å². The zero-order valence-electron chi connectivity index (χ0n) is 6.62. The molecular weight excluding hydrogens is 140 g/mol. The number of nitrogens with two attached hydrogens (primary N) is 1. The molecule has 1 saturated carbocycles. The number of hydrogen-bond acceptors (Lipinski definition) is 2. The highest BCUT2D eigenvalue weighted by atomic mass is 16.2. The van der Waals surface area contributed by atoms with Crippen LogP contribution in [0.15, 0.2) is 0 Å². The van der Waals surface area contributed by atoms with E-state index in [1.165, 1.54) is 0 Å². The smallest absolute Gasteiger partial charge is 0.222 e. The average molecular weight is 154 g/mol. The van der Waals surface area contributed by atoms with Gasteiger partial charge in [0.25, 0.3) is 0 Å². The first-order valence-corrected chi connectivity index (χ1v) is 4.34. The molecule has 0 aromatic heterocycles. The fourth-order valence-electron chi connectivity index (χ4n) is 1.74. The van der Waals surface area contributed by atoms with E-state index in [9.17, 15) is 4.79 Å². The Labute approximate surface area is 66.5 Å². The molecule has 0 bridgehead atoms. The number of rotatable bonds is 1. The molecule has 3 heteroatoms. The fourth-order valence-corrected chi connectivity index (χ4v) is 1.74. The van der Waals surface area contributed by atoms with Gasteiger partial charge in [0.1, 0.15) is 0 Å². The van der Waals surface area contributed by atoms with Gasteiger partial charge in [-0.15, -0.1) is 0 Å². The van der Waals surface area contributed by atoms with Crippen molar-refractivity contribution in [1.82, 2.24) is 4.90 Å². The van der Waals surface area contributed by atoms with E-state index < -0.39 is 0 Å². The first-order chi connectivity index (χ1) is 5.29.